The van der Waals surface area contributed by atoms with E-state index in [1.54, 1.807) is 20.0 Å². The fourth-order valence-corrected chi connectivity index (χ4v) is 4.00. The van der Waals surface area contributed by atoms with Crippen molar-refractivity contribution in [1.29, 1.82) is 0 Å². The number of benzene rings is 2. The molecule has 1 aliphatic rings. The molecule has 1 saturated heterocycles. The Hall–Kier alpha value is -2.96. The molecule has 0 aliphatic carbocycles. The average Bonchev–Trinajstić information content (AvgIpc) is 2.99. The maximum atomic E-state index is 13.6. The van der Waals surface area contributed by atoms with Crippen LogP contribution in [0.4, 0.5) is 14.5 Å². The minimum absolute atomic E-state index is 0.00989. The summed E-state index contributed by atoms with van der Waals surface area (Å²) in [5.41, 5.74) is 1.50. The molecule has 2 aromatic carbocycles. The summed E-state index contributed by atoms with van der Waals surface area (Å²) in [5.74, 6) is -0.528. The molecule has 30 heavy (non-hydrogen) atoms. The lowest BCUT2D eigenvalue weighted by Crippen LogP contribution is -2.43. The maximum Gasteiger partial charge on any atom is 0.387 e. The number of rotatable bonds is 6. The van der Waals surface area contributed by atoms with Crippen LogP contribution >= 0.6 is 0 Å². The van der Waals surface area contributed by atoms with Crippen molar-refractivity contribution in [2.75, 3.05) is 18.9 Å². The van der Waals surface area contributed by atoms with Gasteiger partial charge < -0.3 is 15.0 Å². The molecule has 1 unspecified atom stereocenters. The molecular weight excluding hydrogens is 390 g/mol. The number of ether oxygens (including phenoxy) is 1. The second-order valence-electron chi connectivity index (χ2n) is 8.08. The lowest BCUT2D eigenvalue weighted by atomic mass is 9.74. The van der Waals surface area contributed by atoms with Gasteiger partial charge in [-0.3, -0.25) is 9.59 Å². The number of aryl methyl sites for hydroxylation is 1. The second kappa shape index (κ2) is 8.42. The van der Waals surface area contributed by atoms with Crippen LogP contribution in [0.1, 0.15) is 42.9 Å². The molecule has 0 saturated carbocycles. The first kappa shape index (κ1) is 21.7. The number of likely N-dealkylation sites (N-methyl/N-ethyl adjacent to an activating group) is 1. The van der Waals surface area contributed by atoms with Crippen LogP contribution in [0.5, 0.6) is 5.75 Å². The minimum atomic E-state index is -3.02. The van der Waals surface area contributed by atoms with E-state index in [0.29, 0.717) is 0 Å². The molecule has 160 valence electrons. The van der Waals surface area contributed by atoms with Gasteiger partial charge in [-0.1, -0.05) is 44.2 Å². The number of hydrogen-bond acceptors (Lipinski definition) is 3. The van der Waals surface area contributed by atoms with Gasteiger partial charge in [0.1, 0.15) is 11.2 Å². The molecule has 2 amide bonds. The molecular formula is C23H26F2N2O3. The zero-order valence-corrected chi connectivity index (χ0v) is 17.5. The summed E-state index contributed by atoms with van der Waals surface area (Å²) in [6.07, 6.45) is 0.00989. The van der Waals surface area contributed by atoms with Gasteiger partial charge in [-0.25, -0.2) is 0 Å². The van der Waals surface area contributed by atoms with Gasteiger partial charge in [-0.2, -0.15) is 8.78 Å². The number of likely N-dealkylation sites (tertiary alicyclic amines) is 1. The lowest BCUT2D eigenvalue weighted by Gasteiger charge is -2.31. The highest BCUT2D eigenvalue weighted by atomic mass is 19.3. The number of nitrogens with one attached hydrogen (secondary N) is 1. The quantitative estimate of drug-likeness (QED) is 0.757. The second-order valence-corrected chi connectivity index (χ2v) is 8.08. The lowest BCUT2D eigenvalue weighted by molar-refractivity contribution is -0.127. The largest absolute Gasteiger partial charge is 0.433 e. The third kappa shape index (κ3) is 4.15. The van der Waals surface area contributed by atoms with Gasteiger partial charge in [0, 0.05) is 20.0 Å². The molecule has 0 bridgehead atoms. The van der Waals surface area contributed by atoms with Crippen molar-refractivity contribution in [3.8, 4) is 5.75 Å². The average molecular weight is 416 g/mol. The van der Waals surface area contributed by atoms with Crippen molar-refractivity contribution in [1.82, 2.24) is 4.90 Å². The first-order valence-electron chi connectivity index (χ1n) is 9.84. The highest BCUT2D eigenvalue weighted by Gasteiger charge is 2.50. The van der Waals surface area contributed by atoms with Crippen LogP contribution in [0.15, 0.2) is 42.5 Å². The number of halogens is 2. The molecule has 1 fully saturated rings. The van der Waals surface area contributed by atoms with Gasteiger partial charge in [0.2, 0.25) is 11.8 Å². The summed E-state index contributed by atoms with van der Waals surface area (Å²) in [5, 5.41) is 2.76. The van der Waals surface area contributed by atoms with Crippen molar-refractivity contribution < 1.29 is 23.1 Å². The van der Waals surface area contributed by atoms with Gasteiger partial charge in [0.15, 0.2) is 0 Å². The number of amides is 2. The summed E-state index contributed by atoms with van der Waals surface area (Å²) in [6.45, 7) is 2.99. The van der Waals surface area contributed by atoms with Crippen LogP contribution in [0.2, 0.25) is 0 Å². The summed E-state index contributed by atoms with van der Waals surface area (Å²) in [6, 6.07) is 12.3. The molecule has 0 spiro atoms. The van der Waals surface area contributed by atoms with Gasteiger partial charge in [0.25, 0.3) is 0 Å². The van der Waals surface area contributed by atoms with Crippen LogP contribution in [-0.2, 0) is 15.0 Å². The van der Waals surface area contributed by atoms with Crippen LogP contribution in [0.3, 0.4) is 0 Å². The topological polar surface area (TPSA) is 58.6 Å². The SMILES string of the molecule is Cc1ccc(NC(=O)C2(c3ccccc3C(C)C)CC(=O)N(C)C2)c(OC(F)F)c1. The van der Waals surface area contributed by atoms with Crippen molar-refractivity contribution >= 4 is 17.5 Å². The molecule has 1 N–H and O–H groups in total. The van der Waals surface area contributed by atoms with Crippen molar-refractivity contribution in [3.63, 3.8) is 0 Å². The van der Waals surface area contributed by atoms with Crippen molar-refractivity contribution in [2.45, 2.75) is 45.1 Å². The van der Waals surface area contributed by atoms with E-state index in [0.717, 1.165) is 16.7 Å². The standard InChI is InChI=1S/C23H26F2N2O3/c1-14(2)16-7-5-6-8-17(16)23(12-20(28)27(4)13-23)21(29)26-18-10-9-15(3)11-19(18)30-22(24)25/h5-11,14,22H,12-13H2,1-4H3,(H,26,29). The molecule has 3 rings (SSSR count). The predicted molar refractivity (Wildman–Crippen MR) is 111 cm³/mol. The zero-order chi connectivity index (χ0) is 22.1. The van der Waals surface area contributed by atoms with Crippen LogP contribution in [0.25, 0.3) is 0 Å². The third-order valence-corrected chi connectivity index (χ3v) is 5.52. The Morgan fingerprint density at radius 2 is 1.90 bits per heavy atom. The Morgan fingerprint density at radius 3 is 2.50 bits per heavy atom. The smallest absolute Gasteiger partial charge is 0.387 e. The normalized spacial score (nSPS) is 18.9. The Kier molecular flexibility index (Phi) is 6.10. The zero-order valence-electron chi connectivity index (χ0n) is 17.5. The summed E-state index contributed by atoms with van der Waals surface area (Å²) >= 11 is 0. The maximum absolute atomic E-state index is 13.6. The molecule has 1 heterocycles. The van der Waals surface area contributed by atoms with E-state index in [9.17, 15) is 18.4 Å². The van der Waals surface area contributed by atoms with Crippen LogP contribution < -0.4 is 10.1 Å². The van der Waals surface area contributed by atoms with E-state index < -0.39 is 17.9 Å². The van der Waals surface area contributed by atoms with Gasteiger partial charge in [-0.15, -0.1) is 0 Å². The van der Waals surface area contributed by atoms with E-state index in [2.05, 4.69) is 10.1 Å². The molecule has 5 nitrogen and oxygen atoms in total. The number of carbonyl (C=O) groups excluding carboxylic acids is 2. The number of carbonyl (C=O) groups is 2. The Morgan fingerprint density at radius 1 is 1.20 bits per heavy atom. The minimum Gasteiger partial charge on any atom is -0.433 e. The fourth-order valence-electron chi connectivity index (χ4n) is 4.00. The fraction of sp³-hybridized carbons (Fsp3) is 0.391. The number of alkyl halides is 2. The van der Waals surface area contributed by atoms with E-state index in [1.165, 1.54) is 17.0 Å². The monoisotopic (exact) mass is 416 g/mol. The number of hydrogen-bond donors (Lipinski definition) is 1. The van der Waals surface area contributed by atoms with E-state index >= 15 is 0 Å². The molecule has 1 aliphatic heterocycles. The molecule has 1 atom stereocenters. The van der Waals surface area contributed by atoms with Crippen LogP contribution in [0, 0.1) is 6.92 Å². The third-order valence-electron chi connectivity index (χ3n) is 5.52. The summed E-state index contributed by atoms with van der Waals surface area (Å²) < 4.78 is 30.3. The number of nitrogens with zero attached hydrogens (tertiary/aromatic N) is 1. The number of anilines is 1. The van der Waals surface area contributed by atoms with E-state index in [-0.39, 0.29) is 36.2 Å². The van der Waals surface area contributed by atoms with Crippen LogP contribution in [-0.4, -0.2) is 36.9 Å². The summed E-state index contributed by atoms with van der Waals surface area (Å²) in [7, 11) is 1.66. The molecule has 0 radical (unpaired) electrons. The predicted octanol–water partition coefficient (Wildman–Crippen LogP) is 4.46. The summed E-state index contributed by atoms with van der Waals surface area (Å²) in [4.78, 5) is 27.6. The molecule has 7 heteroatoms. The van der Waals surface area contributed by atoms with Crippen molar-refractivity contribution in [2.24, 2.45) is 0 Å². The molecule has 2 aromatic rings. The van der Waals surface area contributed by atoms with Crippen molar-refractivity contribution in [3.05, 3.63) is 59.2 Å². The Bertz CT molecular complexity index is 961. The Balaban J connectivity index is 2.06. The first-order valence-corrected chi connectivity index (χ1v) is 9.84. The van der Waals surface area contributed by atoms with Gasteiger partial charge in [0.05, 0.1) is 5.69 Å². The van der Waals surface area contributed by atoms with Gasteiger partial charge in [-0.05, 0) is 41.7 Å². The van der Waals surface area contributed by atoms with E-state index in [4.69, 9.17) is 0 Å². The highest BCUT2D eigenvalue weighted by Crippen LogP contribution is 2.40. The highest BCUT2D eigenvalue weighted by molar-refractivity contribution is 6.05. The van der Waals surface area contributed by atoms with Gasteiger partial charge >= 0.3 is 6.61 Å². The van der Waals surface area contributed by atoms with E-state index in [1.807, 2.05) is 38.1 Å². The molecule has 0 aromatic heterocycles. The Labute approximate surface area is 175 Å². The first-order chi connectivity index (χ1) is 14.1.